The number of ether oxygens (including phenoxy) is 1. The molecule has 144 valence electrons. The van der Waals surface area contributed by atoms with Crippen LogP contribution in [0.1, 0.15) is 33.6 Å². The van der Waals surface area contributed by atoms with Crippen molar-refractivity contribution in [3.63, 3.8) is 0 Å². The van der Waals surface area contributed by atoms with Crippen LogP contribution in [0.25, 0.3) is 0 Å². The van der Waals surface area contributed by atoms with Crippen molar-refractivity contribution in [2.45, 2.75) is 30.6 Å². The summed E-state index contributed by atoms with van der Waals surface area (Å²) in [6, 6.07) is 5.80. The van der Waals surface area contributed by atoms with E-state index in [1.165, 1.54) is 42.7 Å². The van der Waals surface area contributed by atoms with Crippen molar-refractivity contribution in [2.24, 2.45) is 0 Å². The van der Waals surface area contributed by atoms with Crippen LogP contribution in [0.4, 0.5) is 5.00 Å². The number of halogens is 1. The third-order valence-corrected chi connectivity index (χ3v) is 7.53. The highest BCUT2D eigenvalue weighted by atomic mass is 35.5. The highest BCUT2D eigenvalue weighted by Gasteiger charge is 2.28. The number of amides is 1. The number of sulfone groups is 1. The first-order chi connectivity index (χ1) is 12.8. The van der Waals surface area contributed by atoms with E-state index in [9.17, 15) is 18.0 Å². The molecular weight excluding hydrogens is 410 g/mol. The molecule has 3 rings (SSSR count). The number of hydrogen-bond donors (Lipinski definition) is 1. The number of hydrogen-bond acceptors (Lipinski definition) is 6. The number of thiophene rings is 1. The number of carbonyl (C=O) groups is 2. The van der Waals surface area contributed by atoms with Crippen molar-refractivity contribution in [1.82, 2.24) is 0 Å². The molecule has 1 aliphatic rings. The van der Waals surface area contributed by atoms with Gasteiger partial charge in [-0.05, 0) is 49.1 Å². The van der Waals surface area contributed by atoms with Gasteiger partial charge in [0.15, 0.2) is 9.84 Å². The largest absolute Gasteiger partial charge is 0.465 e. The van der Waals surface area contributed by atoms with E-state index in [4.69, 9.17) is 16.3 Å². The predicted octanol–water partition coefficient (Wildman–Crippen LogP) is 3.48. The van der Waals surface area contributed by atoms with Gasteiger partial charge in [0.2, 0.25) is 5.91 Å². The number of esters is 1. The van der Waals surface area contributed by atoms with Crippen LogP contribution in [0.3, 0.4) is 0 Å². The number of aryl methyl sites for hydroxylation is 1. The maximum Gasteiger partial charge on any atom is 0.341 e. The zero-order valence-corrected chi connectivity index (χ0v) is 17.0. The van der Waals surface area contributed by atoms with Crippen LogP contribution in [-0.2, 0) is 32.2 Å². The molecular formula is C18H18ClNO5S2. The third-order valence-electron chi connectivity index (χ3n) is 4.33. The molecule has 27 heavy (non-hydrogen) atoms. The van der Waals surface area contributed by atoms with Crippen LogP contribution < -0.4 is 5.32 Å². The van der Waals surface area contributed by atoms with Gasteiger partial charge in [-0.3, -0.25) is 4.79 Å². The van der Waals surface area contributed by atoms with E-state index in [0.29, 0.717) is 15.6 Å². The summed E-state index contributed by atoms with van der Waals surface area (Å²) in [6.07, 6.45) is 2.40. The molecule has 0 bridgehead atoms. The van der Waals surface area contributed by atoms with Gasteiger partial charge < -0.3 is 10.1 Å². The highest BCUT2D eigenvalue weighted by Crippen LogP contribution is 2.39. The number of fused-ring (bicyclic) bond motifs is 1. The van der Waals surface area contributed by atoms with Gasteiger partial charge in [0.1, 0.15) is 5.00 Å². The summed E-state index contributed by atoms with van der Waals surface area (Å²) in [7, 11) is -2.30. The first-order valence-corrected chi connectivity index (χ1v) is 11.2. The molecule has 1 aromatic carbocycles. The van der Waals surface area contributed by atoms with Gasteiger partial charge in [-0.2, -0.15) is 0 Å². The zero-order valence-electron chi connectivity index (χ0n) is 14.6. The maximum absolute atomic E-state index is 12.3. The lowest BCUT2D eigenvalue weighted by Crippen LogP contribution is -2.18. The minimum absolute atomic E-state index is 0.116. The summed E-state index contributed by atoms with van der Waals surface area (Å²) in [5.41, 5.74) is 1.32. The molecule has 1 N–H and O–H groups in total. The minimum Gasteiger partial charge on any atom is -0.465 e. The van der Waals surface area contributed by atoms with Crippen LogP contribution in [0.5, 0.6) is 0 Å². The van der Waals surface area contributed by atoms with Gasteiger partial charge in [-0.15, -0.1) is 11.3 Å². The molecule has 0 atom stereocenters. The van der Waals surface area contributed by atoms with Gasteiger partial charge >= 0.3 is 5.97 Å². The van der Waals surface area contributed by atoms with Crippen molar-refractivity contribution < 1.29 is 22.7 Å². The van der Waals surface area contributed by atoms with E-state index < -0.39 is 21.7 Å². The lowest BCUT2D eigenvalue weighted by atomic mass is 10.1. The lowest BCUT2D eigenvalue weighted by molar-refractivity contribution is -0.115. The third kappa shape index (κ3) is 4.34. The van der Waals surface area contributed by atoms with E-state index in [-0.39, 0.29) is 17.1 Å². The standard InChI is InChI=1S/C18H18ClNO5S2/c1-25-18(22)16-13-3-2-4-14(13)26-17(16)20-15(21)9-10-27(23,24)12-7-5-11(19)6-8-12/h5-8H,2-4,9-10H2,1H3,(H,20,21). The molecule has 6 nitrogen and oxygen atoms in total. The minimum atomic E-state index is -3.60. The van der Waals surface area contributed by atoms with E-state index in [2.05, 4.69) is 5.32 Å². The average Bonchev–Trinajstić information content (AvgIpc) is 3.20. The van der Waals surface area contributed by atoms with Crippen LogP contribution in [-0.4, -0.2) is 33.2 Å². The average molecular weight is 428 g/mol. The second-order valence-corrected chi connectivity index (χ2v) is 9.77. The Labute approximate surface area is 166 Å². The van der Waals surface area contributed by atoms with Crippen molar-refractivity contribution in [3.8, 4) is 0 Å². The first-order valence-electron chi connectivity index (χ1n) is 8.33. The Hall–Kier alpha value is -1.90. The smallest absolute Gasteiger partial charge is 0.341 e. The molecule has 0 aliphatic heterocycles. The SMILES string of the molecule is COC(=O)c1c(NC(=O)CCS(=O)(=O)c2ccc(Cl)cc2)sc2c1CCC2. The summed E-state index contributed by atoms with van der Waals surface area (Å²) in [4.78, 5) is 25.6. The number of carbonyl (C=O) groups excluding carboxylic acids is 2. The zero-order chi connectivity index (χ0) is 19.6. The predicted molar refractivity (Wildman–Crippen MR) is 104 cm³/mol. The van der Waals surface area contributed by atoms with E-state index in [1.807, 2.05) is 0 Å². The fraction of sp³-hybridized carbons (Fsp3) is 0.333. The number of anilines is 1. The molecule has 0 saturated carbocycles. The van der Waals surface area contributed by atoms with Crippen molar-refractivity contribution in [3.05, 3.63) is 45.3 Å². The van der Waals surface area contributed by atoms with Gasteiger partial charge in [0, 0.05) is 16.3 Å². The van der Waals surface area contributed by atoms with Crippen molar-refractivity contribution in [1.29, 1.82) is 0 Å². The normalized spacial score (nSPS) is 13.3. The van der Waals surface area contributed by atoms with Gasteiger partial charge in [-0.25, -0.2) is 13.2 Å². The molecule has 0 fully saturated rings. The number of benzene rings is 1. The second-order valence-electron chi connectivity index (χ2n) is 6.12. The molecule has 1 heterocycles. The topological polar surface area (TPSA) is 89.5 Å². The molecule has 0 spiro atoms. The summed E-state index contributed by atoms with van der Waals surface area (Å²) in [5.74, 6) is -1.28. The summed E-state index contributed by atoms with van der Waals surface area (Å²) in [5, 5.41) is 3.55. The van der Waals surface area contributed by atoms with Crippen LogP contribution in [0, 0.1) is 0 Å². The quantitative estimate of drug-likeness (QED) is 0.713. The van der Waals surface area contributed by atoms with Crippen molar-refractivity contribution >= 4 is 49.7 Å². The van der Waals surface area contributed by atoms with Gasteiger partial charge in [0.05, 0.1) is 23.3 Å². The number of nitrogens with one attached hydrogen (secondary N) is 1. The Balaban J connectivity index is 1.70. The summed E-state index contributed by atoms with van der Waals surface area (Å²) >= 11 is 7.12. The Kier molecular flexibility index (Phi) is 5.88. The van der Waals surface area contributed by atoms with Crippen LogP contribution >= 0.6 is 22.9 Å². The van der Waals surface area contributed by atoms with Gasteiger partial charge in [-0.1, -0.05) is 11.6 Å². The Bertz CT molecular complexity index is 980. The molecule has 2 aromatic rings. The van der Waals surface area contributed by atoms with Crippen LogP contribution in [0.2, 0.25) is 5.02 Å². The highest BCUT2D eigenvalue weighted by molar-refractivity contribution is 7.91. The molecule has 0 radical (unpaired) electrons. The maximum atomic E-state index is 12.3. The lowest BCUT2D eigenvalue weighted by Gasteiger charge is -2.08. The van der Waals surface area contributed by atoms with Gasteiger partial charge in [0.25, 0.3) is 0 Å². The van der Waals surface area contributed by atoms with E-state index in [1.54, 1.807) is 0 Å². The van der Waals surface area contributed by atoms with E-state index in [0.717, 1.165) is 29.7 Å². The summed E-state index contributed by atoms with van der Waals surface area (Å²) in [6.45, 7) is 0. The van der Waals surface area contributed by atoms with Crippen LogP contribution in [0.15, 0.2) is 29.2 Å². The molecule has 1 aromatic heterocycles. The summed E-state index contributed by atoms with van der Waals surface area (Å²) < 4.78 is 29.5. The molecule has 0 saturated heterocycles. The molecule has 0 unspecified atom stereocenters. The Morgan fingerprint density at radius 3 is 2.59 bits per heavy atom. The number of rotatable bonds is 6. The fourth-order valence-electron chi connectivity index (χ4n) is 2.99. The Morgan fingerprint density at radius 2 is 1.93 bits per heavy atom. The Morgan fingerprint density at radius 1 is 1.22 bits per heavy atom. The monoisotopic (exact) mass is 427 g/mol. The second kappa shape index (κ2) is 8.00. The fourth-order valence-corrected chi connectivity index (χ4v) is 5.65. The first kappa shape index (κ1) is 19.9. The molecule has 9 heteroatoms. The number of methoxy groups -OCH3 is 1. The molecule has 1 aliphatic carbocycles. The van der Waals surface area contributed by atoms with E-state index >= 15 is 0 Å². The van der Waals surface area contributed by atoms with Crippen molar-refractivity contribution in [2.75, 3.05) is 18.2 Å². The molecule has 1 amide bonds.